The van der Waals surface area contributed by atoms with Crippen molar-refractivity contribution in [3.63, 3.8) is 0 Å². The summed E-state index contributed by atoms with van der Waals surface area (Å²) in [5.74, 6) is 1.40. The SMILES string of the molecule is BC(C)(CC(C)(C)CC(=C)C(C)C)C(C)CC. The lowest BCUT2D eigenvalue weighted by molar-refractivity contribution is 0.234. The fraction of sp³-hybridized carbons (Fsp3) is 0.875. The third-order valence-corrected chi connectivity index (χ3v) is 4.40. The maximum absolute atomic E-state index is 4.23. The highest BCUT2D eigenvalue weighted by atomic mass is 14.3. The lowest BCUT2D eigenvalue weighted by Gasteiger charge is -2.40. The van der Waals surface area contributed by atoms with E-state index < -0.39 is 0 Å². The minimum absolute atomic E-state index is 0.369. The second-order valence-electron chi connectivity index (χ2n) is 7.63. The Morgan fingerprint density at radius 1 is 1.18 bits per heavy atom. The van der Waals surface area contributed by atoms with Crippen LogP contribution in [-0.4, -0.2) is 7.85 Å². The first-order valence-electron chi connectivity index (χ1n) is 7.19. The standard InChI is InChI=1S/C16H33B/c1-9-14(5)16(8,17)11-15(6,7)10-13(4)12(2)3/h12,14H,4,9-11,17H2,1-3,5-8H3. The monoisotopic (exact) mass is 236 g/mol. The minimum Gasteiger partial charge on any atom is -0.0996 e. The van der Waals surface area contributed by atoms with E-state index in [1.807, 2.05) is 0 Å². The number of hydrogen-bond acceptors (Lipinski definition) is 0. The molecule has 1 heteroatoms. The van der Waals surface area contributed by atoms with Crippen LogP contribution in [0.1, 0.15) is 67.7 Å². The molecule has 0 aliphatic heterocycles. The molecule has 0 saturated carbocycles. The molecule has 0 aliphatic carbocycles. The van der Waals surface area contributed by atoms with Crippen molar-refractivity contribution in [1.82, 2.24) is 0 Å². The van der Waals surface area contributed by atoms with E-state index >= 15 is 0 Å². The van der Waals surface area contributed by atoms with Gasteiger partial charge in [-0.2, -0.15) is 0 Å². The molecule has 0 aromatic carbocycles. The smallest absolute Gasteiger partial charge is 0.0996 e. The van der Waals surface area contributed by atoms with Crippen molar-refractivity contribution >= 4 is 7.85 Å². The van der Waals surface area contributed by atoms with Gasteiger partial charge in [-0.3, -0.25) is 0 Å². The zero-order chi connectivity index (χ0) is 13.9. The van der Waals surface area contributed by atoms with Gasteiger partial charge in [0.15, 0.2) is 0 Å². The van der Waals surface area contributed by atoms with Crippen LogP contribution in [0.25, 0.3) is 0 Å². The molecule has 17 heavy (non-hydrogen) atoms. The summed E-state index contributed by atoms with van der Waals surface area (Å²) in [6.07, 6.45) is 3.71. The lowest BCUT2D eigenvalue weighted by atomic mass is 9.55. The van der Waals surface area contributed by atoms with Crippen LogP contribution >= 0.6 is 0 Å². The van der Waals surface area contributed by atoms with Gasteiger partial charge in [-0.1, -0.05) is 72.4 Å². The van der Waals surface area contributed by atoms with E-state index in [0.717, 1.165) is 12.3 Å². The minimum atomic E-state index is 0.369. The third kappa shape index (κ3) is 5.79. The Kier molecular flexibility index (Phi) is 6.04. The second kappa shape index (κ2) is 6.11. The van der Waals surface area contributed by atoms with Gasteiger partial charge in [0.25, 0.3) is 0 Å². The fourth-order valence-corrected chi connectivity index (χ4v) is 2.84. The second-order valence-corrected chi connectivity index (χ2v) is 7.63. The Labute approximate surface area is 111 Å². The van der Waals surface area contributed by atoms with Crippen LogP contribution < -0.4 is 0 Å². The molecule has 0 rings (SSSR count). The highest BCUT2D eigenvalue weighted by Gasteiger charge is 2.32. The number of allylic oxidation sites excluding steroid dienone is 1. The molecule has 0 amide bonds. The number of hydrogen-bond donors (Lipinski definition) is 0. The summed E-state index contributed by atoms with van der Waals surface area (Å²) in [6, 6.07) is 0. The summed E-state index contributed by atoms with van der Waals surface area (Å²) in [4.78, 5) is 0. The largest absolute Gasteiger partial charge is 0.109 e. The van der Waals surface area contributed by atoms with Gasteiger partial charge in [-0.15, -0.1) is 0 Å². The zero-order valence-corrected chi connectivity index (χ0v) is 13.5. The van der Waals surface area contributed by atoms with E-state index in [1.165, 1.54) is 18.4 Å². The summed E-state index contributed by atoms with van der Waals surface area (Å²) in [5.41, 5.74) is 1.77. The molecule has 0 saturated heterocycles. The topological polar surface area (TPSA) is 0 Å². The average Bonchev–Trinajstić information content (AvgIpc) is 2.13. The van der Waals surface area contributed by atoms with Gasteiger partial charge in [0, 0.05) is 0 Å². The molecule has 2 atom stereocenters. The summed E-state index contributed by atoms with van der Waals surface area (Å²) >= 11 is 0. The van der Waals surface area contributed by atoms with Crippen LogP contribution in [0.3, 0.4) is 0 Å². The van der Waals surface area contributed by atoms with Crippen molar-refractivity contribution in [1.29, 1.82) is 0 Å². The van der Waals surface area contributed by atoms with Crippen LogP contribution in [0.5, 0.6) is 0 Å². The molecule has 0 spiro atoms. The van der Waals surface area contributed by atoms with E-state index in [0.29, 0.717) is 16.6 Å². The Balaban J connectivity index is 4.58. The zero-order valence-electron chi connectivity index (χ0n) is 13.5. The summed E-state index contributed by atoms with van der Waals surface area (Å²) in [6.45, 7) is 20.6. The Bertz CT molecular complexity index is 248. The normalized spacial score (nSPS) is 17.9. The highest BCUT2D eigenvalue weighted by Crippen LogP contribution is 2.46. The molecule has 0 aliphatic rings. The van der Waals surface area contributed by atoms with Crippen molar-refractivity contribution in [2.75, 3.05) is 0 Å². The van der Waals surface area contributed by atoms with E-state index in [-0.39, 0.29) is 0 Å². The average molecular weight is 236 g/mol. The first-order chi connectivity index (χ1) is 7.52. The maximum Gasteiger partial charge on any atom is 0.109 e. The first-order valence-corrected chi connectivity index (χ1v) is 7.19. The van der Waals surface area contributed by atoms with Crippen molar-refractivity contribution in [3.05, 3.63) is 12.2 Å². The number of rotatable bonds is 7. The molecule has 0 aromatic heterocycles. The third-order valence-electron chi connectivity index (χ3n) is 4.40. The summed E-state index contributed by atoms with van der Waals surface area (Å²) in [7, 11) is 2.42. The maximum atomic E-state index is 4.23. The van der Waals surface area contributed by atoms with Crippen molar-refractivity contribution < 1.29 is 0 Å². The van der Waals surface area contributed by atoms with Gasteiger partial charge in [0.05, 0.1) is 0 Å². The van der Waals surface area contributed by atoms with Gasteiger partial charge in [0.1, 0.15) is 7.85 Å². The Morgan fingerprint density at radius 3 is 2.00 bits per heavy atom. The Morgan fingerprint density at radius 2 is 1.65 bits per heavy atom. The lowest BCUT2D eigenvalue weighted by Crippen LogP contribution is -2.26. The van der Waals surface area contributed by atoms with E-state index in [2.05, 4.69) is 62.9 Å². The molecule has 0 radical (unpaired) electrons. The molecule has 0 heterocycles. The molecule has 0 nitrogen and oxygen atoms in total. The van der Waals surface area contributed by atoms with Crippen molar-refractivity contribution in [2.24, 2.45) is 17.3 Å². The first kappa shape index (κ1) is 16.8. The van der Waals surface area contributed by atoms with Crippen LogP contribution in [-0.2, 0) is 0 Å². The van der Waals surface area contributed by atoms with Crippen LogP contribution in [0, 0.1) is 17.3 Å². The van der Waals surface area contributed by atoms with Gasteiger partial charge >= 0.3 is 0 Å². The fourth-order valence-electron chi connectivity index (χ4n) is 2.84. The van der Waals surface area contributed by atoms with E-state index in [4.69, 9.17) is 0 Å². The predicted molar refractivity (Wildman–Crippen MR) is 83.4 cm³/mol. The predicted octanol–water partition coefficient (Wildman–Crippen LogP) is 4.86. The molecule has 0 fully saturated rings. The van der Waals surface area contributed by atoms with Crippen LogP contribution in [0.2, 0.25) is 5.31 Å². The molecule has 0 aromatic rings. The molecule has 2 unspecified atom stereocenters. The Hall–Kier alpha value is -0.195. The van der Waals surface area contributed by atoms with E-state index in [1.54, 1.807) is 0 Å². The molecule has 0 N–H and O–H groups in total. The van der Waals surface area contributed by atoms with Gasteiger partial charge in [0.2, 0.25) is 0 Å². The van der Waals surface area contributed by atoms with Gasteiger partial charge in [-0.25, -0.2) is 0 Å². The quantitative estimate of drug-likeness (QED) is 0.437. The van der Waals surface area contributed by atoms with Gasteiger partial charge < -0.3 is 0 Å². The summed E-state index contributed by atoms with van der Waals surface area (Å²) < 4.78 is 0. The van der Waals surface area contributed by atoms with Crippen LogP contribution in [0.15, 0.2) is 12.2 Å². The van der Waals surface area contributed by atoms with Gasteiger partial charge in [-0.05, 0) is 30.1 Å². The van der Waals surface area contributed by atoms with Crippen molar-refractivity contribution in [3.8, 4) is 0 Å². The molecule has 100 valence electrons. The molecular formula is C16H33B. The summed E-state index contributed by atoms with van der Waals surface area (Å²) in [5, 5.41) is 0.426. The van der Waals surface area contributed by atoms with Crippen LogP contribution in [0.4, 0.5) is 0 Å². The molecular weight excluding hydrogens is 203 g/mol. The van der Waals surface area contributed by atoms with E-state index in [9.17, 15) is 0 Å². The molecule has 0 bridgehead atoms. The van der Waals surface area contributed by atoms with Crippen molar-refractivity contribution in [2.45, 2.75) is 73.0 Å². The highest BCUT2D eigenvalue weighted by molar-refractivity contribution is 6.15.